The van der Waals surface area contributed by atoms with E-state index >= 15 is 0 Å². The summed E-state index contributed by atoms with van der Waals surface area (Å²) in [5.74, 6) is 0.609. The van der Waals surface area contributed by atoms with Gasteiger partial charge in [-0.05, 0) is 6.07 Å². The summed E-state index contributed by atoms with van der Waals surface area (Å²) in [5, 5.41) is 4.72. The van der Waals surface area contributed by atoms with Crippen molar-refractivity contribution in [1.29, 1.82) is 0 Å². The minimum atomic E-state index is 0.165. The zero-order chi connectivity index (χ0) is 10.1. The Morgan fingerprint density at radius 2 is 2.07 bits per heavy atom. The molecule has 0 aliphatic rings. The normalized spacial score (nSPS) is 10.4. The molecule has 0 aromatic carbocycles. The van der Waals surface area contributed by atoms with Crippen LogP contribution in [0.3, 0.4) is 0 Å². The first-order valence-corrected chi connectivity index (χ1v) is 4.41. The van der Waals surface area contributed by atoms with Gasteiger partial charge in [-0.2, -0.15) is 4.68 Å². The third kappa shape index (κ3) is 1.64. The lowest BCUT2D eigenvalue weighted by Crippen LogP contribution is -1.99. The van der Waals surface area contributed by atoms with E-state index in [1.165, 1.54) is 17.2 Å². The SMILES string of the molecule is Nc1ncn(-c2ncc(Cl)cc2Cl)n1. The molecule has 2 rings (SSSR count). The molecule has 0 atom stereocenters. The number of aromatic nitrogens is 4. The molecular weight excluding hydrogens is 225 g/mol. The largest absolute Gasteiger partial charge is 0.366 e. The van der Waals surface area contributed by atoms with Crippen molar-refractivity contribution >= 4 is 29.2 Å². The van der Waals surface area contributed by atoms with Gasteiger partial charge < -0.3 is 5.73 Å². The maximum atomic E-state index is 5.90. The molecule has 7 heteroatoms. The summed E-state index contributed by atoms with van der Waals surface area (Å²) < 4.78 is 1.38. The Labute approximate surface area is 89.5 Å². The third-order valence-corrected chi connectivity index (χ3v) is 2.00. The van der Waals surface area contributed by atoms with Crippen LogP contribution in [0.1, 0.15) is 0 Å². The minimum absolute atomic E-state index is 0.165. The van der Waals surface area contributed by atoms with E-state index in [-0.39, 0.29) is 5.95 Å². The molecule has 0 fully saturated rings. The number of nitrogens with two attached hydrogens (primary N) is 1. The number of halogens is 2. The van der Waals surface area contributed by atoms with Crippen molar-refractivity contribution in [3.05, 3.63) is 28.6 Å². The molecule has 5 nitrogen and oxygen atoms in total. The van der Waals surface area contributed by atoms with Crippen LogP contribution in [0.2, 0.25) is 10.0 Å². The van der Waals surface area contributed by atoms with Crippen LogP contribution in [0, 0.1) is 0 Å². The van der Waals surface area contributed by atoms with Crippen LogP contribution in [0.4, 0.5) is 5.95 Å². The molecule has 14 heavy (non-hydrogen) atoms. The molecule has 0 saturated carbocycles. The summed E-state index contributed by atoms with van der Waals surface area (Å²) in [7, 11) is 0. The molecule has 0 bridgehead atoms. The van der Waals surface area contributed by atoms with E-state index in [1.54, 1.807) is 6.07 Å². The van der Waals surface area contributed by atoms with Gasteiger partial charge in [0.15, 0.2) is 5.82 Å². The second-order valence-electron chi connectivity index (χ2n) is 2.51. The fourth-order valence-corrected chi connectivity index (χ4v) is 1.42. The Morgan fingerprint density at radius 3 is 2.64 bits per heavy atom. The molecule has 2 aromatic heterocycles. The maximum absolute atomic E-state index is 5.90. The van der Waals surface area contributed by atoms with Gasteiger partial charge in [0.05, 0.1) is 10.0 Å². The first-order chi connectivity index (χ1) is 6.66. The molecule has 0 unspecified atom stereocenters. The van der Waals surface area contributed by atoms with E-state index in [9.17, 15) is 0 Å². The van der Waals surface area contributed by atoms with Gasteiger partial charge in [-0.15, -0.1) is 5.10 Å². The summed E-state index contributed by atoms with van der Waals surface area (Å²) in [4.78, 5) is 7.76. The molecule has 72 valence electrons. The second kappa shape index (κ2) is 3.43. The van der Waals surface area contributed by atoms with Gasteiger partial charge >= 0.3 is 0 Å². The van der Waals surface area contributed by atoms with Crippen LogP contribution in [0.15, 0.2) is 18.6 Å². The summed E-state index contributed by atoms with van der Waals surface area (Å²) in [6.07, 6.45) is 2.90. The molecule has 0 aliphatic heterocycles. The van der Waals surface area contributed by atoms with E-state index < -0.39 is 0 Å². The highest BCUT2D eigenvalue weighted by atomic mass is 35.5. The van der Waals surface area contributed by atoms with Gasteiger partial charge in [-0.1, -0.05) is 23.2 Å². The predicted molar refractivity (Wildman–Crippen MR) is 53.6 cm³/mol. The van der Waals surface area contributed by atoms with Crippen molar-refractivity contribution in [2.45, 2.75) is 0 Å². The Bertz CT molecular complexity index is 467. The Kier molecular flexibility index (Phi) is 2.26. The first-order valence-electron chi connectivity index (χ1n) is 3.65. The smallest absolute Gasteiger partial charge is 0.239 e. The van der Waals surface area contributed by atoms with Gasteiger partial charge in [0.1, 0.15) is 6.33 Å². The molecule has 2 aromatic rings. The average molecular weight is 230 g/mol. The summed E-state index contributed by atoms with van der Waals surface area (Å²) >= 11 is 11.6. The van der Waals surface area contributed by atoms with Crippen molar-refractivity contribution in [3.63, 3.8) is 0 Å². The molecule has 0 radical (unpaired) electrons. The van der Waals surface area contributed by atoms with Crippen LogP contribution in [0.25, 0.3) is 5.82 Å². The topological polar surface area (TPSA) is 69.6 Å². The molecule has 0 saturated heterocycles. The van der Waals surface area contributed by atoms with Gasteiger partial charge in [-0.3, -0.25) is 0 Å². The van der Waals surface area contributed by atoms with Gasteiger partial charge in [-0.25, -0.2) is 9.97 Å². The van der Waals surface area contributed by atoms with E-state index in [2.05, 4.69) is 15.1 Å². The van der Waals surface area contributed by atoms with Crippen LogP contribution in [0.5, 0.6) is 0 Å². The van der Waals surface area contributed by atoms with Crippen LogP contribution in [-0.4, -0.2) is 19.7 Å². The zero-order valence-corrected chi connectivity index (χ0v) is 8.37. The van der Waals surface area contributed by atoms with E-state index in [0.29, 0.717) is 15.9 Å². The number of hydrogen-bond donors (Lipinski definition) is 1. The van der Waals surface area contributed by atoms with E-state index in [0.717, 1.165) is 0 Å². The fourth-order valence-electron chi connectivity index (χ4n) is 0.954. The van der Waals surface area contributed by atoms with Crippen molar-refractivity contribution in [3.8, 4) is 5.82 Å². The highest BCUT2D eigenvalue weighted by Gasteiger charge is 2.06. The molecular formula is C7H5Cl2N5. The molecule has 0 aliphatic carbocycles. The van der Waals surface area contributed by atoms with E-state index in [4.69, 9.17) is 28.9 Å². The number of nitrogen functional groups attached to an aromatic ring is 1. The second-order valence-corrected chi connectivity index (χ2v) is 3.35. The van der Waals surface area contributed by atoms with Crippen LogP contribution in [-0.2, 0) is 0 Å². The van der Waals surface area contributed by atoms with Gasteiger partial charge in [0, 0.05) is 6.20 Å². The number of rotatable bonds is 1. The lowest BCUT2D eigenvalue weighted by Gasteiger charge is -2.01. The van der Waals surface area contributed by atoms with Crippen LogP contribution < -0.4 is 5.73 Å². The maximum Gasteiger partial charge on any atom is 0.239 e. The number of nitrogens with zero attached hydrogens (tertiary/aromatic N) is 4. The van der Waals surface area contributed by atoms with Crippen molar-refractivity contribution < 1.29 is 0 Å². The van der Waals surface area contributed by atoms with Crippen molar-refractivity contribution in [2.24, 2.45) is 0 Å². The Balaban J connectivity index is 2.52. The van der Waals surface area contributed by atoms with Gasteiger partial charge in [0.25, 0.3) is 0 Å². The monoisotopic (exact) mass is 229 g/mol. The third-order valence-electron chi connectivity index (χ3n) is 1.51. The van der Waals surface area contributed by atoms with Crippen molar-refractivity contribution in [2.75, 3.05) is 5.73 Å². The van der Waals surface area contributed by atoms with Crippen LogP contribution >= 0.6 is 23.2 Å². The minimum Gasteiger partial charge on any atom is -0.366 e. The highest BCUT2D eigenvalue weighted by molar-refractivity contribution is 6.35. The van der Waals surface area contributed by atoms with Crippen molar-refractivity contribution in [1.82, 2.24) is 19.7 Å². The lowest BCUT2D eigenvalue weighted by molar-refractivity contribution is 0.849. The lowest BCUT2D eigenvalue weighted by atomic mass is 10.4. The number of anilines is 1. The number of pyridine rings is 1. The Morgan fingerprint density at radius 1 is 1.29 bits per heavy atom. The molecule has 0 amide bonds. The standard InChI is InChI=1S/C7H5Cl2N5/c8-4-1-5(9)6(11-2-4)14-3-12-7(10)13-14/h1-3H,(H2,10,13). The first kappa shape index (κ1) is 9.23. The highest BCUT2D eigenvalue weighted by Crippen LogP contribution is 2.20. The fraction of sp³-hybridized carbons (Fsp3) is 0. The van der Waals surface area contributed by atoms with Gasteiger partial charge in [0.2, 0.25) is 5.95 Å². The quantitative estimate of drug-likeness (QED) is 0.806. The number of hydrogen-bond acceptors (Lipinski definition) is 4. The summed E-state index contributed by atoms with van der Waals surface area (Å²) in [6.45, 7) is 0. The molecule has 0 spiro atoms. The molecule has 2 heterocycles. The summed E-state index contributed by atoms with van der Waals surface area (Å²) in [5.41, 5.74) is 5.36. The zero-order valence-electron chi connectivity index (χ0n) is 6.85. The van der Waals surface area contributed by atoms with E-state index in [1.807, 2.05) is 0 Å². The predicted octanol–water partition coefficient (Wildman–Crippen LogP) is 1.55. The average Bonchev–Trinajstić information content (AvgIpc) is 2.51. The summed E-state index contributed by atoms with van der Waals surface area (Å²) in [6, 6.07) is 1.57. The molecule has 2 N–H and O–H groups in total. The Hall–Kier alpha value is -1.33.